The van der Waals surface area contributed by atoms with Crippen LogP contribution in [0.5, 0.6) is 0 Å². The lowest BCUT2D eigenvalue weighted by molar-refractivity contribution is -0.115. The van der Waals surface area contributed by atoms with Crippen LogP contribution in [0.3, 0.4) is 0 Å². The number of halogens is 1. The Morgan fingerprint density at radius 3 is 2.67 bits per heavy atom. The van der Waals surface area contributed by atoms with E-state index in [0.717, 1.165) is 18.4 Å². The molecule has 0 spiro atoms. The van der Waals surface area contributed by atoms with Gasteiger partial charge in [-0.1, -0.05) is 40.1 Å². The number of alkyl halides is 1. The second-order valence-corrected chi connectivity index (χ2v) is 6.32. The Bertz CT molecular complexity index is 334. The van der Waals surface area contributed by atoms with Gasteiger partial charge in [0.25, 0.3) is 0 Å². The molecule has 84 valence electrons. The third kappa shape index (κ3) is 2.81. The summed E-state index contributed by atoms with van der Waals surface area (Å²) in [5.41, 5.74) is 3.39. The summed E-state index contributed by atoms with van der Waals surface area (Å²) in [6.07, 6.45) is 4.56. The van der Waals surface area contributed by atoms with Crippen molar-refractivity contribution in [1.29, 1.82) is 0 Å². The summed E-state index contributed by atoms with van der Waals surface area (Å²) in [5.74, 6) is 0.289. The van der Waals surface area contributed by atoms with Gasteiger partial charge in [-0.15, -0.1) is 0 Å². The summed E-state index contributed by atoms with van der Waals surface area (Å²) in [5, 5.41) is 0. The first-order valence-corrected chi connectivity index (χ1v) is 6.28. The van der Waals surface area contributed by atoms with Gasteiger partial charge in [0, 0.05) is 16.3 Å². The second kappa shape index (κ2) is 4.65. The van der Waals surface area contributed by atoms with E-state index in [1.807, 2.05) is 13.0 Å². The largest absolute Gasteiger partial charge is 0.294 e. The molecule has 2 heteroatoms. The zero-order valence-corrected chi connectivity index (χ0v) is 11.6. The number of carbonyl (C=O) groups excluding carboxylic acids is 1. The van der Waals surface area contributed by atoms with Crippen molar-refractivity contribution in [2.45, 2.75) is 51.3 Å². The summed E-state index contributed by atoms with van der Waals surface area (Å²) in [6.45, 7) is 8.34. The molecule has 0 aliphatic heterocycles. The van der Waals surface area contributed by atoms with Gasteiger partial charge in [0.15, 0.2) is 5.78 Å². The number of rotatable bonds is 3. The molecule has 1 nitrogen and oxygen atoms in total. The lowest BCUT2D eigenvalue weighted by Gasteiger charge is -2.29. The fraction of sp³-hybridized carbons (Fsp3) is 0.615. The molecule has 0 radical (unpaired) electrons. The third-order valence-electron chi connectivity index (χ3n) is 3.02. The van der Waals surface area contributed by atoms with E-state index in [-0.39, 0.29) is 10.1 Å². The molecule has 0 unspecified atom stereocenters. The molecule has 0 fully saturated rings. The van der Waals surface area contributed by atoms with Crippen molar-refractivity contribution in [2.75, 3.05) is 0 Å². The van der Waals surface area contributed by atoms with Gasteiger partial charge in [-0.05, 0) is 33.6 Å². The van der Waals surface area contributed by atoms with Crippen LogP contribution in [0.25, 0.3) is 0 Å². The Kier molecular flexibility index (Phi) is 3.93. The van der Waals surface area contributed by atoms with E-state index in [1.54, 1.807) is 0 Å². The predicted octanol–water partition coefficient (Wildman–Crippen LogP) is 4.18. The van der Waals surface area contributed by atoms with E-state index in [1.165, 1.54) is 11.1 Å². The SMILES string of the molecule is CCCC(=O)C1=C(C)C[C@](C)(Br)C(C)=C1. The van der Waals surface area contributed by atoms with Crippen molar-refractivity contribution in [2.24, 2.45) is 0 Å². The maximum absolute atomic E-state index is 11.8. The van der Waals surface area contributed by atoms with Crippen molar-refractivity contribution in [1.82, 2.24) is 0 Å². The van der Waals surface area contributed by atoms with Gasteiger partial charge in [0.05, 0.1) is 0 Å². The quantitative estimate of drug-likeness (QED) is 0.704. The Hall–Kier alpha value is -0.370. The monoisotopic (exact) mass is 270 g/mol. The number of ketones is 1. The number of hydrogen-bond acceptors (Lipinski definition) is 1. The van der Waals surface area contributed by atoms with Gasteiger partial charge in [0.2, 0.25) is 0 Å². The average Bonchev–Trinajstić information content (AvgIpc) is 2.11. The first-order chi connectivity index (χ1) is 6.88. The Labute approximate surface area is 101 Å². The first kappa shape index (κ1) is 12.7. The molecule has 0 aromatic heterocycles. The topological polar surface area (TPSA) is 17.1 Å². The van der Waals surface area contributed by atoms with Crippen molar-refractivity contribution in [3.05, 3.63) is 22.8 Å². The fourth-order valence-corrected chi connectivity index (χ4v) is 2.44. The van der Waals surface area contributed by atoms with Crippen LogP contribution >= 0.6 is 15.9 Å². The molecule has 15 heavy (non-hydrogen) atoms. The molecule has 0 N–H and O–H groups in total. The standard InChI is InChI=1S/C13H19BrO/c1-5-6-12(15)11-7-10(3)13(4,14)8-9(11)2/h7H,5-6,8H2,1-4H3/t13-/m0/s1. The molecule has 1 rings (SSSR count). The minimum absolute atomic E-state index is 0.0348. The lowest BCUT2D eigenvalue weighted by Crippen LogP contribution is -2.23. The highest BCUT2D eigenvalue weighted by Crippen LogP contribution is 2.39. The fourth-order valence-electron chi connectivity index (χ4n) is 1.90. The summed E-state index contributed by atoms with van der Waals surface area (Å²) < 4.78 is 0.0348. The van der Waals surface area contributed by atoms with Crippen LogP contribution in [0.2, 0.25) is 0 Å². The van der Waals surface area contributed by atoms with E-state index in [9.17, 15) is 4.79 Å². The van der Waals surface area contributed by atoms with Crippen LogP contribution in [-0.2, 0) is 4.79 Å². The normalized spacial score (nSPS) is 26.6. The minimum Gasteiger partial charge on any atom is -0.294 e. The van der Waals surface area contributed by atoms with E-state index >= 15 is 0 Å². The molecule has 0 saturated heterocycles. The molecule has 0 saturated carbocycles. The number of carbonyl (C=O) groups is 1. The van der Waals surface area contributed by atoms with Crippen LogP contribution in [0.15, 0.2) is 22.8 Å². The molecule has 1 atom stereocenters. The van der Waals surface area contributed by atoms with E-state index in [4.69, 9.17) is 0 Å². The van der Waals surface area contributed by atoms with Gasteiger partial charge >= 0.3 is 0 Å². The molecular formula is C13H19BrO. The van der Waals surface area contributed by atoms with Crippen LogP contribution in [0.4, 0.5) is 0 Å². The van der Waals surface area contributed by atoms with Crippen LogP contribution < -0.4 is 0 Å². The van der Waals surface area contributed by atoms with Crippen molar-refractivity contribution >= 4 is 21.7 Å². The molecule has 1 aliphatic carbocycles. The predicted molar refractivity (Wildman–Crippen MR) is 68.3 cm³/mol. The lowest BCUT2D eigenvalue weighted by atomic mass is 9.84. The number of allylic oxidation sites excluding steroid dienone is 4. The molecule has 1 aliphatic rings. The van der Waals surface area contributed by atoms with Gasteiger partial charge < -0.3 is 0 Å². The highest BCUT2D eigenvalue weighted by Gasteiger charge is 2.29. The van der Waals surface area contributed by atoms with E-state index in [0.29, 0.717) is 6.42 Å². The molecular weight excluding hydrogens is 252 g/mol. The highest BCUT2D eigenvalue weighted by atomic mass is 79.9. The molecule has 0 bridgehead atoms. The highest BCUT2D eigenvalue weighted by molar-refractivity contribution is 9.10. The van der Waals surface area contributed by atoms with Crippen LogP contribution in [-0.4, -0.2) is 10.1 Å². The third-order valence-corrected chi connectivity index (χ3v) is 3.92. The van der Waals surface area contributed by atoms with Crippen LogP contribution in [0.1, 0.15) is 47.0 Å². The van der Waals surface area contributed by atoms with Gasteiger partial charge in [-0.2, -0.15) is 0 Å². The summed E-state index contributed by atoms with van der Waals surface area (Å²) in [6, 6.07) is 0. The van der Waals surface area contributed by atoms with Gasteiger partial charge in [-0.25, -0.2) is 0 Å². The second-order valence-electron chi connectivity index (χ2n) is 4.57. The Morgan fingerprint density at radius 2 is 2.13 bits per heavy atom. The molecule has 0 aromatic rings. The van der Waals surface area contributed by atoms with Crippen molar-refractivity contribution in [3.8, 4) is 0 Å². The summed E-state index contributed by atoms with van der Waals surface area (Å²) in [7, 11) is 0. The number of Topliss-reactive ketones (excluding diaryl/α,β-unsaturated/α-hetero) is 1. The maximum Gasteiger partial charge on any atom is 0.162 e. The zero-order chi connectivity index (χ0) is 11.6. The van der Waals surface area contributed by atoms with E-state index < -0.39 is 0 Å². The molecule has 0 heterocycles. The summed E-state index contributed by atoms with van der Waals surface area (Å²) in [4.78, 5) is 11.8. The summed E-state index contributed by atoms with van der Waals surface area (Å²) >= 11 is 3.70. The first-order valence-electron chi connectivity index (χ1n) is 5.49. The zero-order valence-electron chi connectivity index (χ0n) is 9.98. The van der Waals surface area contributed by atoms with E-state index in [2.05, 4.69) is 36.7 Å². The maximum atomic E-state index is 11.8. The van der Waals surface area contributed by atoms with Crippen molar-refractivity contribution < 1.29 is 4.79 Å². The molecule has 0 aromatic carbocycles. The average molecular weight is 271 g/mol. The minimum atomic E-state index is 0.0348. The van der Waals surface area contributed by atoms with Gasteiger partial charge in [-0.3, -0.25) is 4.79 Å². The smallest absolute Gasteiger partial charge is 0.162 e. The van der Waals surface area contributed by atoms with Gasteiger partial charge in [0.1, 0.15) is 0 Å². The number of hydrogen-bond donors (Lipinski definition) is 0. The molecule has 0 amide bonds. The van der Waals surface area contributed by atoms with Crippen LogP contribution in [0, 0.1) is 0 Å². The Balaban J connectivity index is 2.98. The Morgan fingerprint density at radius 1 is 1.53 bits per heavy atom. The van der Waals surface area contributed by atoms with Crippen molar-refractivity contribution in [3.63, 3.8) is 0 Å².